The molecule has 0 fully saturated rings. The monoisotopic (exact) mass is 512 g/mol. The SMILES string of the molecule is CN(C)C(=O)/C(C(=N)N(C=O)CC(C)(C)C)=C(/NCc1ccc(-c2ccccc2)cc1)Nc1ccncc1. The van der Waals surface area contributed by atoms with E-state index in [0.29, 0.717) is 24.5 Å². The standard InChI is InChI=1S/C30H36N6O2/c1-30(2,3)20-36(21-37)27(31)26(29(38)35(4)5)28(34-25-15-17-32-18-16-25)33-19-22-11-13-24(14-12-22)23-9-7-6-8-10-23/h6-18,21,31,33H,19-20H2,1-5H3,(H,32,34)/b28-26-,31-27?. The van der Waals surface area contributed by atoms with Crippen LogP contribution >= 0.6 is 0 Å². The number of pyridine rings is 1. The number of carbonyl (C=O) groups is 2. The molecule has 0 radical (unpaired) electrons. The van der Waals surface area contributed by atoms with Gasteiger partial charge < -0.3 is 15.5 Å². The lowest BCUT2D eigenvalue weighted by Gasteiger charge is -2.29. The fourth-order valence-electron chi connectivity index (χ4n) is 3.78. The van der Waals surface area contributed by atoms with Crippen molar-refractivity contribution >= 4 is 23.8 Å². The van der Waals surface area contributed by atoms with Gasteiger partial charge in [-0.05, 0) is 34.2 Å². The van der Waals surface area contributed by atoms with Crippen LogP contribution in [-0.4, -0.2) is 53.6 Å². The molecular weight excluding hydrogens is 476 g/mol. The van der Waals surface area contributed by atoms with Gasteiger partial charge in [-0.3, -0.25) is 24.9 Å². The molecule has 38 heavy (non-hydrogen) atoms. The van der Waals surface area contributed by atoms with Crippen molar-refractivity contribution in [2.45, 2.75) is 27.3 Å². The zero-order valence-electron chi connectivity index (χ0n) is 22.7. The Morgan fingerprint density at radius 2 is 1.55 bits per heavy atom. The molecule has 2 aromatic carbocycles. The Balaban J connectivity index is 1.99. The van der Waals surface area contributed by atoms with Crippen molar-refractivity contribution < 1.29 is 9.59 Å². The molecule has 0 atom stereocenters. The van der Waals surface area contributed by atoms with E-state index in [0.717, 1.165) is 16.7 Å². The summed E-state index contributed by atoms with van der Waals surface area (Å²) in [7, 11) is 3.24. The third kappa shape index (κ3) is 7.77. The Morgan fingerprint density at radius 3 is 2.11 bits per heavy atom. The number of benzene rings is 2. The molecule has 0 saturated carbocycles. The van der Waals surface area contributed by atoms with E-state index in [9.17, 15) is 9.59 Å². The maximum Gasteiger partial charge on any atom is 0.260 e. The highest BCUT2D eigenvalue weighted by molar-refractivity contribution is 6.22. The Bertz CT molecular complexity index is 1260. The fourth-order valence-corrected chi connectivity index (χ4v) is 3.78. The van der Waals surface area contributed by atoms with Crippen LogP contribution in [0.3, 0.4) is 0 Å². The van der Waals surface area contributed by atoms with E-state index in [1.54, 1.807) is 38.6 Å². The molecule has 0 unspecified atom stereocenters. The predicted molar refractivity (Wildman–Crippen MR) is 152 cm³/mol. The number of likely N-dealkylation sites (N-methyl/N-ethyl adjacent to an activating group) is 1. The first-order valence-electron chi connectivity index (χ1n) is 12.4. The molecule has 3 N–H and O–H groups in total. The number of rotatable bonds is 10. The highest BCUT2D eigenvalue weighted by atomic mass is 16.2. The number of hydrogen-bond acceptors (Lipinski definition) is 6. The first kappa shape index (κ1) is 28.1. The zero-order chi connectivity index (χ0) is 27.7. The molecule has 0 aliphatic rings. The van der Waals surface area contributed by atoms with Crippen LogP contribution in [0.15, 0.2) is 90.5 Å². The summed E-state index contributed by atoms with van der Waals surface area (Å²) < 4.78 is 0. The van der Waals surface area contributed by atoms with Crippen LogP contribution in [0, 0.1) is 10.8 Å². The molecule has 0 bridgehead atoms. The zero-order valence-corrected chi connectivity index (χ0v) is 22.7. The van der Waals surface area contributed by atoms with Gasteiger partial charge >= 0.3 is 0 Å². The molecular formula is C30H36N6O2. The van der Waals surface area contributed by atoms with Gasteiger partial charge in [-0.25, -0.2) is 0 Å². The summed E-state index contributed by atoms with van der Waals surface area (Å²) in [6.45, 7) is 6.59. The van der Waals surface area contributed by atoms with Gasteiger partial charge in [0.2, 0.25) is 6.41 Å². The number of aromatic nitrogens is 1. The van der Waals surface area contributed by atoms with Crippen molar-refractivity contribution in [2.75, 3.05) is 26.0 Å². The Kier molecular flexibility index (Phi) is 9.38. The third-order valence-electron chi connectivity index (χ3n) is 5.65. The van der Waals surface area contributed by atoms with Crippen molar-refractivity contribution in [2.24, 2.45) is 5.41 Å². The Hall–Kier alpha value is -4.46. The van der Waals surface area contributed by atoms with Crippen LogP contribution in [0.2, 0.25) is 0 Å². The minimum absolute atomic E-state index is 0.0593. The van der Waals surface area contributed by atoms with Gasteiger partial charge in [-0.15, -0.1) is 0 Å². The van der Waals surface area contributed by atoms with Crippen LogP contribution in [0.5, 0.6) is 0 Å². The van der Waals surface area contributed by atoms with E-state index >= 15 is 0 Å². The van der Waals surface area contributed by atoms with E-state index in [1.807, 2.05) is 51.1 Å². The molecule has 0 saturated heterocycles. The highest BCUT2D eigenvalue weighted by Gasteiger charge is 2.28. The van der Waals surface area contributed by atoms with E-state index < -0.39 is 5.91 Å². The van der Waals surface area contributed by atoms with Crippen molar-refractivity contribution in [3.8, 4) is 11.1 Å². The average molecular weight is 513 g/mol. The van der Waals surface area contributed by atoms with Crippen molar-refractivity contribution in [3.05, 3.63) is 96.1 Å². The van der Waals surface area contributed by atoms with Gasteiger partial charge in [-0.2, -0.15) is 0 Å². The third-order valence-corrected chi connectivity index (χ3v) is 5.65. The van der Waals surface area contributed by atoms with Gasteiger partial charge in [0.1, 0.15) is 17.2 Å². The van der Waals surface area contributed by atoms with Crippen molar-refractivity contribution in [1.82, 2.24) is 20.1 Å². The van der Waals surface area contributed by atoms with Crippen LogP contribution in [0.1, 0.15) is 26.3 Å². The minimum atomic E-state index is -0.403. The van der Waals surface area contributed by atoms with E-state index in [1.165, 1.54) is 9.80 Å². The molecule has 0 aliphatic heterocycles. The van der Waals surface area contributed by atoms with Crippen molar-refractivity contribution in [1.29, 1.82) is 5.41 Å². The second-order valence-electron chi connectivity index (χ2n) is 10.4. The summed E-state index contributed by atoms with van der Waals surface area (Å²) in [4.78, 5) is 32.1. The number of anilines is 1. The van der Waals surface area contributed by atoms with E-state index in [-0.39, 0.29) is 23.4 Å². The largest absolute Gasteiger partial charge is 0.367 e. The number of nitrogens with zero attached hydrogens (tertiary/aromatic N) is 3. The second-order valence-corrected chi connectivity index (χ2v) is 10.4. The topological polar surface area (TPSA) is 101 Å². The summed E-state index contributed by atoms with van der Waals surface area (Å²) in [5, 5.41) is 15.5. The summed E-state index contributed by atoms with van der Waals surface area (Å²) in [5.74, 6) is -0.260. The summed E-state index contributed by atoms with van der Waals surface area (Å²) in [6, 6.07) is 21.8. The second kappa shape index (κ2) is 12.7. The van der Waals surface area contributed by atoms with Gasteiger partial charge in [0.05, 0.1) is 0 Å². The highest BCUT2D eigenvalue weighted by Crippen LogP contribution is 2.21. The minimum Gasteiger partial charge on any atom is -0.367 e. The number of nitrogens with one attached hydrogen (secondary N) is 3. The molecule has 2 amide bonds. The first-order chi connectivity index (χ1) is 18.1. The summed E-state index contributed by atoms with van der Waals surface area (Å²) >= 11 is 0. The molecule has 1 heterocycles. The molecule has 198 valence electrons. The van der Waals surface area contributed by atoms with E-state index in [2.05, 4.69) is 39.9 Å². The molecule has 3 rings (SSSR count). The number of hydrogen-bond donors (Lipinski definition) is 3. The lowest BCUT2D eigenvalue weighted by Crippen LogP contribution is -2.43. The predicted octanol–water partition coefficient (Wildman–Crippen LogP) is 4.73. The quantitative estimate of drug-likeness (QED) is 0.158. The smallest absolute Gasteiger partial charge is 0.260 e. The normalized spacial score (nSPS) is 11.7. The Morgan fingerprint density at radius 1 is 0.947 bits per heavy atom. The maximum atomic E-state index is 13.4. The van der Waals surface area contributed by atoms with E-state index in [4.69, 9.17) is 5.41 Å². The molecule has 0 spiro atoms. The molecule has 3 aromatic rings. The van der Waals surface area contributed by atoms with Crippen molar-refractivity contribution in [3.63, 3.8) is 0 Å². The molecule has 1 aromatic heterocycles. The molecule has 8 heteroatoms. The maximum absolute atomic E-state index is 13.4. The number of amides is 2. The lowest BCUT2D eigenvalue weighted by molar-refractivity contribution is -0.124. The molecule has 0 aliphatic carbocycles. The number of amidine groups is 1. The number of carbonyl (C=O) groups excluding carboxylic acids is 2. The Labute approximate surface area is 224 Å². The average Bonchev–Trinajstić information content (AvgIpc) is 2.91. The van der Waals surface area contributed by atoms with Gasteiger partial charge in [0.15, 0.2) is 0 Å². The van der Waals surface area contributed by atoms with Gasteiger partial charge in [0.25, 0.3) is 5.91 Å². The van der Waals surface area contributed by atoms with Crippen LogP contribution in [0.25, 0.3) is 11.1 Å². The molecule has 8 nitrogen and oxygen atoms in total. The first-order valence-corrected chi connectivity index (χ1v) is 12.4. The lowest BCUT2D eigenvalue weighted by atomic mass is 9.96. The fraction of sp³-hybridized carbons (Fsp3) is 0.267. The van der Waals surface area contributed by atoms with Gasteiger partial charge in [0, 0.05) is 45.3 Å². The van der Waals surface area contributed by atoms with Crippen LogP contribution in [-0.2, 0) is 16.1 Å². The summed E-state index contributed by atoms with van der Waals surface area (Å²) in [6.07, 6.45) is 3.87. The summed E-state index contributed by atoms with van der Waals surface area (Å²) in [5.41, 5.74) is 3.70. The van der Waals surface area contributed by atoms with Gasteiger partial charge in [-0.1, -0.05) is 75.4 Å². The van der Waals surface area contributed by atoms with Crippen LogP contribution in [0.4, 0.5) is 5.69 Å². The van der Waals surface area contributed by atoms with Crippen LogP contribution < -0.4 is 10.6 Å².